The summed E-state index contributed by atoms with van der Waals surface area (Å²) in [5.74, 6) is 1.46. The molecule has 2 aromatic carbocycles. The van der Waals surface area contributed by atoms with Crippen LogP contribution >= 0.6 is 0 Å². The van der Waals surface area contributed by atoms with Crippen LogP contribution in [-0.2, 0) is 13.5 Å². The topological polar surface area (TPSA) is 81.5 Å². The third-order valence-corrected chi connectivity index (χ3v) is 5.16. The number of hydrogen-bond acceptors (Lipinski definition) is 5. The van der Waals surface area contributed by atoms with Crippen molar-refractivity contribution in [2.75, 3.05) is 0 Å². The Hall–Kier alpha value is -3.66. The van der Waals surface area contributed by atoms with Crippen LogP contribution in [0, 0.1) is 11.3 Å². The fourth-order valence-corrected chi connectivity index (χ4v) is 3.81. The zero-order valence-electron chi connectivity index (χ0n) is 15.4. The summed E-state index contributed by atoms with van der Waals surface area (Å²) in [7, 11) is 1.83. The Morgan fingerprint density at radius 3 is 2.96 bits per heavy atom. The lowest BCUT2D eigenvalue weighted by Gasteiger charge is -2.26. The molecule has 1 aliphatic carbocycles. The SMILES string of the molecule is Cn1cc(-n2ncc3ccc(OC4CCCc5cc(C#N)ccc54)cc32)nn1. The summed E-state index contributed by atoms with van der Waals surface area (Å²) in [6.07, 6.45) is 6.62. The number of aryl methyl sites for hydroxylation is 2. The van der Waals surface area contributed by atoms with Gasteiger partial charge in [-0.05, 0) is 54.7 Å². The molecule has 5 rings (SSSR count). The number of fused-ring (bicyclic) bond motifs is 2. The normalized spacial score (nSPS) is 15.9. The molecule has 0 amide bonds. The Labute approximate surface area is 161 Å². The van der Waals surface area contributed by atoms with E-state index in [1.807, 2.05) is 55.8 Å². The lowest BCUT2D eigenvalue weighted by Crippen LogP contribution is -2.15. The Morgan fingerprint density at radius 1 is 1.21 bits per heavy atom. The molecule has 138 valence electrons. The van der Waals surface area contributed by atoms with Gasteiger partial charge in [-0.1, -0.05) is 11.3 Å². The van der Waals surface area contributed by atoms with Crippen molar-refractivity contribution in [1.82, 2.24) is 24.8 Å². The van der Waals surface area contributed by atoms with Gasteiger partial charge in [0.05, 0.1) is 29.5 Å². The maximum Gasteiger partial charge on any atom is 0.196 e. The van der Waals surface area contributed by atoms with Crippen molar-refractivity contribution in [3.8, 4) is 17.6 Å². The van der Waals surface area contributed by atoms with Crippen molar-refractivity contribution in [2.45, 2.75) is 25.4 Å². The van der Waals surface area contributed by atoms with Gasteiger partial charge in [0.2, 0.25) is 0 Å². The molecular weight excluding hydrogens is 352 g/mol. The highest BCUT2D eigenvalue weighted by Crippen LogP contribution is 2.35. The quantitative estimate of drug-likeness (QED) is 0.551. The number of ether oxygens (including phenoxy) is 1. The molecule has 4 aromatic rings. The number of aromatic nitrogens is 5. The summed E-state index contributed by atoms with van der Waals surface area (Å²) in [5.41, 5.74) is 4.01. The maximum absolute atomic E-state index is 9.14. The zero-order chi connectivity index (χ0) is 19.1. The van der Waals surface area contributed by atoms with Gasteiger partial charge in [-0.15, -0.1) is 5.10 Å². The lowest BCUT2D eigenvalue weighted by atomic mass is 9.88. The van der Waals surface area contributed by atoms with E-state index >= 15 is 0 Å². The van der Waals surface area contributed by atoms with Crippen LogP contribution < -0.4 is 4.74 Å². The van der Waals surface area contributed by atoms with Gasteiger partial charge in [0.1, 0.15) is 11.9 Å². The summed E-state index contributed by atoms with van der Waals surface area (Å²) in [6, 6.07) is 14.1. The molecule has 0 N–H and O–H groups in total. The van der Waals surface area contributed by atoms with Crippen molar-refractivity contribution in [1.29, 1.82) is 5.26 Å². The van der Waals surface area contributed by atoms with E-state index in [1.54, 1.807) is 9.36 Å². The Kier molecular flexibility index (Phi) is 3.83. The number of hydrogen-bond donors (Lipinski definition) is 0. The molecule has 0 fully saturated rings. The van der Waals surface area contributed by atoms with Gasteiger partial charge in [0.15, 0.2) is 5.82 Å². The van der Waals surface area contributed by atoms with E-state index in [9.17, 15) is 0 Å². The first kappa shape index (κ1) is 16.5. The average molecular weight is 370 g/mol. The predicted octanol–water partition coefficient (Wildman–Crippen LogP) is 3.48. The minimum Gasteiger partial charge on any atom is -0.486 e. The van der Waals surface area contributed by atoms with Gasteiger partial charge in [0, 0.05) is 18.5 Å². The van der Waals surface area contributed by atoms with Crippen LogP contribution in [0.25, 0.3) is 16.7 Å². The highest BCUT2D eigenvalue weighted by Gasteiger charge is 2.22. The van der Waals surface area contributed by atoms with E-state index in [-0.39, 0.29) is 6.10 Å². The summed E-state index contributed by atoms with van der Waals surface area (Å²) < 4.78 is 9.78. The molecule has 2 heterocycles. The van der Waals surface area contributed by atoms with Crippen LogP contribution in [0.5, 0.6) is 5.75 Å². The fraction of sp³-hybridized carbons (Fsp3) is 0.238. The van der Waals surface area contributed by atoms with Gasteiger partial charge in [-0.2, -0.15) is 10.4 Å². The molecule has 28 heavy (non-hydrogen) atoms. The second-order valence-electron chi connectivity index (χ2n) is 7.05. The van der Waals surface area contributed by atoms with Crippen LogP contribution in [0.4, 0.5) is 0 Å². The molecular formula is C21H18N6O. The molecule has 1 unspecified atom stereocenters. The maximum atomic E-state index is 9.14. The highest BCUT2D eigenvalue weighted by atomic mass is 16.5. The Balaban J connectivity index is 1.49. The lowest BCUT2D eigenvalue weighted by molar-refractivity contribution is 0.183. The first-order valence-electron chi connectivity index (χ1n) is 9.25. The molecule has 0 radical (unpaired) electrons. The third kappa shape index (κ3) is 2.79. The minimum atomic E-state index is -0.0122. The van der Waals surface area contributed by atoms with E-state index in [0.29, 0.717) is 11.4 Å². The number of benzene rings is 2. The summed E-state index contributed by atoms with van der Waals surface area (Å²) in [5, 5.41) is 22.7. The van der Waals surface area contributed by atoms with Crippen molar-refractivity contribution in [3.05, 3.63) is 65.5 Å². The van der Waals surface area contributed by atoms with Crippen molar-refractivity contribution in [2.24, 2.45) is 7.05 Å². The van der Waals surface area contributed by atoms with Gasteiger partial charge < -0.3 is 4.74 Å². The molecule has 2 aromatic heterocycles. The number of rotatable bonds is 3. The first-order valence-corrected chi connectivity index (χ1v) is 9.25. The molecule has 0 bridgehead atoms. The van der Waals surface area contributed by atoms with Crippen molar-refractivity contribution in [3.63, 3.8) is 0 Å². The molecule has 7 heteroatoms. The minimum absolute atomic E-state index is 0.0122. The van der Waals surface area contributed by atoms with Crippen molar-refractivity contribution >= 4 is 10.9 Å². The first-order chi connectivity index (χ1) is 13.7. The smallest absolute Gasteiger partial charge is 0.196 e. The van der Waals surface area contributed by atoms with Crippen molar-refractivity contribution < 1.29 is 4.74 Å². The van der Waals surface area contributed by atoms with E-state index in [2.05, 4.69) is 21.5 Å². The standard InChI is InChI=1S/C21H18N6O/c1-26-13-21(24-25-26)27-19-10-17(7-6-16(19)12-23-27)28-20-4-2-3-15-9-14(11-22)5-8-18(15)20/h5-10,12-13,20H,2-4H2,1H3. The summed E-state index contributed by atoms with van der Waals surface area (Å²) in [6.45, 7) is 0. The molecule has 0 spiro atoms. The monoisotopic (exact) mass is 370 g/mol. The molecule has 1 atom stereocenters. The second kappa shape index (κ2) is 6.50. The van der Waals surface area contributed by atoms with E-state index in [1.165, 1.54) is 11.1 Å². The summed E-state index contributed by atoms with van der Waals surface area (Å²) >= 11 is 0. The average Bonchev–Trinajstić information content (AvgIpc) is 3.33. The predicted molar refractivity (Wildman–Crippen MR) is 103 cm³/mol. The second-order valence-corrected chi connectivity index (χ2v) is 7.05. The van der Waals surface area contributed by atoms with Gasteiger partial charge in [-0.25, -0.2) is 4.68 Å². The van der Waals surface area contributed by atoms with Gasteiger partial charge in [0.25, 0.3) is 0 Å². The largest absolute Gasteiger partial charge is 0.486 e. The number of nitriles is 1. The van der Waals surface area contributed by atoms with Crippen LogP contribution in [-0.4, -0.2) is 24.8 Å². The van der Waals surface area contributed by atoms with Crippen LogP contribution in [0.2, 0.25) is 0 Å². The zero-order valence-corrected chi connectivity index (χ0v) is 15.4. The summed E-state index contributed by atoms with van der Waals surface area (Å²) in [4.78, 5) is 0. The van der Waals surface area contributed by atoms with Crippen LogP contribution in [0.3, 0.4) is 0 Å². The number of nitrogens with zero attached hydrogens (tertiary/aromatic N) is 6. The molecule has 0 aliphatic heterocycles. The molecule has 0 saturated carbocycles. The van der Waals surface area contributed by atoms with E-state index < -0.39 is 0 Å². The van der Waals surface area contributed by atoms with Crippen LogP contribution in [0.1, 0.15) is 35.6 Å². The van der Waals surface area contributed by atoms with Crippen LogP contribution in [0.15, 0.2) is 48.8 Å². The molecule has 7 nitrogen and oxygen atoms in total. The van der Waals surface area contributed by atoms with Gasteiger partial charge >= 0.3 is 0 Å². The third-order valence-electron chi connectivity index (χ3n) is 5.16. The Morgan fingerprint density at radius 2 is 2.14 bits per heavy atom. The van der Waals surface area contributed by atoms with E-state index in [4.69, 9.17) is 10.00 Å². The fourth-order valence-electron chi connectivity index (χ4n) is 3.81. The Bertz CT molecular complexity index is 1220. The van der Waals surface area contributed by atoms with E-state index in [0.717, 1.165) is 35.9 Å². The van der Waals surface area contributed by atoms with Gasteiger partial charge in [-0.3, -0.25) is 4.68 Å². The molecule has 1 aliphatic rings. The molecule has 0 saturated heterocycles. The highest BCUT2D eigenvalue weighted by molar-refractivity contribution is 5.81.